The highest BCUT2D eigenvalue weighted by atomic mass is 31.2. The summed E-state index contributed by atoms with van der Waals surface area (Å²) in [4.78, 5) is 35.7. The first kappa shape index (κ1) is 73.6. The van der Waals surface area contributed by atoms with Gasteiger partial charge in [0.05, 0.1) is 27.7 Å². The van der Waals surface area contributed by atoms with Crippen molar-refractivity contribution in [3.63, 3.8) is 0 Å². The number of rotatable bonds is 53. The van der Waals surface area contributed by atoms with Gasteiger partial charge in [-0.05, 0) is 109 Å². The average Bonchev–Trinajstić information content (AvgIpc) is 3.41. The van der Waals surface area contributed by atoms with Gasteiger partial charge in [-0.25, -0.2) is 4.57 Å². The van der Waals surface area contributed by atoms with Gasteiger partial charge in [-0.1, -0.05) is 242 Å². The number of hydrogen-bond donors (Lipinski definition) is 1. The summed E-state index contributed by atoms with van der Waals surface area (Å²) < 4.78 is 34.5. The van der Waals surface area contributed by atoms with Crippen LogP contribution in [-0.4, -0.2) is 74.9 Å². The van der Waals surface area contributed by atoms with Crippen LogP contribution in [0.3, 0.4) is 0 Å². The Bertz CT molecular complexity index is 1870. The molecule has 0 aliphatic rings. The van der Waals surface area contributed by atoms with Gasteiger partial charge in [0.15, 0.2) is 6.10 Å². The largest absolute Gasteiger partial charge is 0.472 e. The molecule has 0 aromatic rings. The molecule has 0 aliphatic heterocycles. The third kappa shape index (κ3) is 60.9. The molecule has 440 valence electrons. The zero-order chi connectivity index (χ0) is 57.0. The summed E-state index contributed by atoms with van der Waals surface area (Å²) in [5.41, 5.74) is 0. The zero-order valence-electron chi connectivity index (χ0n) is 49.8. The van der Waals surface area contributed by atoms with Crippen molar-refractivity contribution >= 4 is 19.8 Å². The molecule has 0 aromatic carbocycles. The lowest BCUT2D eigenvalue weighted by Gasteiger charge is -2.24. The second-order valence-corrected chi connectivity index (χ2v) is 22.1. The van der Waals surface area contributed by atoms with Gasteiger partial charge in [-0.2, -0.15) is 0 Å². The Kier molecular flexibility index (Phi) is 54.1. The van der Waals surface area contributed by atoms with E-state index in [9.17, 15) is 19.0 Å². The SMILES string of the molecule is CC/C=C\C/C=C\C/C=C\C/C=C\C/C=C\C/C=C\C/C=C\CCCCCCCCCCCCCCCC(=O)OC(COC(=O)CC/C=C\C/C=C\C/C=C\C/C=C\C/C=C\C/C=C\CC)COP(=O)(O)OCC[N+](C)(C)C. The van der Waals surface area contributed by atoms with E-state index in [1.54, 1.807) is 0 Å². The Hall–Kier alpha value is -4.37. The Balaban J connectivity index is 4.20. The van der Waals surface area contributed by atoms with E-state index in [-0.39, 0.29) is 26.1 Å². The van der Waals surface area contributed by atoms with Crippen molar-refractivity contribution in [1.29, 1.82) is 0 Å². The summed E-state index contributed by atoms with van der Waals surface area (Å²) in [7, 11) is 1.42. The number of ether oxygens (including phenoxy) is 2. The zero-order valence-corrected chi connectivity index (χ0v) is 50.7. The molecule has 2 unspecified atom stereocenters. The number of hydrogen-bond acceptors (Lipinski definition) is 7. The van der Waals surface area contributed by atoms with Crippen LogP contribution >= 0.6 is 7.82 Å². The number of unbranched alkanes of at least 4 members (excludes halogenated alkanes) is 13. The van der Waals surface area contributed by atoms with Crippen LogP contribution in [0.2, 0.25) is 0 Å². The first-order chi connectivity index (χ1) is 38.0. The molecule has 0 aliphatic carbocycles. The summed E-state index contributed by atoms with van der Waals surface area (Å²) in [6, 6.07) is 0. The Morgan fingerprint density at radius 2 is 0.718 bits per heavy atom. The van der Waals surface area contributed by atoms with Crippen molar-refractivity contribution in [2.24, 2.45) is 0 Å². The van der Waals surface area contributed by atoms with Crippen LogP contribution in [0.1, 0.15) is 206 Å². The fourth-order valence-corrected chi connectivity index (χ4v) is 8.23. The van der Waals surface area contributed by atoms with Gasteiger partial charge >= 0.3 is 19.8 Å². The third-order valence-electron chi connectivity index (χ3n) is 12.1. The first-order valence-corrected chi connectivity index (χ1v) is 31.7. The van der Waals surface area contributed by atoms with Gasteiger partial charge in [-0.3, -0.25) is 18.6 Å². The summed E-state index contributed by atoms with van der Waals surface area (Å²) in [6.45, 7) is 4.09. The van der Waals surface area contributed by atoms with Gasteiger partial charge in [0.1, 0.15) is 19.8 Å². The van der Waals surface area contributed by atoms with E-state index in [1.165, 1.54) is 64.2 Å². The van der Waals surface area contributed by atoms with Crippen LogP contribution in [0.15, 0.2) is 158 Å². The summed E-state index contributed by atoms with van der Waals surface area (Å²) in [5.74, 6) is -0.908. The lowest BCUT2D eigenvalue weighted by molar-refractivity contribution is -0.870. The Morgan fingerprint density at radius 3 is 1.08 bits per heavy atom. The maximum Gasteiger partial charge on any atom is 0.472 e. The number of allylic oxidation sites excluding steroid dienone is 26. The van der Waals surface area contributed by atoms with E-state index in [0.717, 1.165) is 103 Å². The van der Waals surface area contributed by atoms with Gasteiger partial charge in [-0.15, -0.1) is 0 Å². The Labute approximate surface area is 477 Å². The van der Waals surface area contributed by atoms with Crippen molar-refractivity contribution in [3.8, 4) is 0 Å². The van der Waals surface area contributed by atoms with E-state index >= 15 is 0 Å². The number of phosphoric acid groups is 1. The molecule has 0 saturated carbocycles. The fourth-order valence-electron chi connectivity index (χ4n) is 7.49. The molecule has 2 atom stereocenters. The minimum atomic E-state index is -4.41. The molecule has 0 fully saturated rings. The average molecular weight is 1100 g/mol. The molecule has 0 radical (unpaired) electrons. The summed E-state index contributed by atoms with van der Waals surface area (Å²) >= 11 is 0. The number of phosphoric ester groups is 1. The lowest BCUT2D eigenvalue weighted by atomic mass is 10.0. The van der Waals surface area contributed by atoms with E-state index in [2.05, 4.69) is 160 Å². The number of quaternary nitrogens is 1. The molecule has 0 heterocycles. The second-order valence-electron chi connectivity index (χ2n) is 20.6. The lowest BCUT2D eigenvalue weighted by Crippen LogP contribution is -2.37. The van der Waals surface area contributed by atoms with Crippen LogP contribution in [0.4, 0.5) is 0 Å². The molecule has 0 rings (SSSR count). The third-order valence-corrected chi connectivity index (χ3v) is 13.1. The fraction of sp³-hybridized carbons (Fsp3) is 0.588. The number of carbonyl (C=O) groups excluding carboxylic acids is 2. The minimum absolute atomic E-state index is 0.0120. The number of carbonyl (C=O) groups is 2. The molecule has 0 aromatic heterocycles. The van der Waals surface area contributed by atoms with Gasteiger partial charge in [0, 0.05) is 12.8 Å². The van der Waals surface area contributed by atoms with Crippen molar-refractivity contribution in [2.75, 3.05) is 47.5 Å². The van der Waals surface area contributed by atoms with Crippen LogP contribution in [-0.2, 0) is 32.7 Å². The smallest absolute Gasteiger partial charge is 0.462 e. The van der Waals surface area contributed by atoms with Crippen molar-refractivity contribution in [1.82, 2.24) is 0 Å². The highest BCUT2D eigenvalue weighted by molar-refractivity contribution is 7.47. The Morgan fingerprint density at radius 1 is 0.397 bits per heavy atom. The number of nitrogens with zero attached hydrogens (tertiary/aromatic N) is 1. The van der Waals surface area contributed by atoms with E-state index in [0.29, 0.717) is 23.9 Å². The highest BCUT2D eigenvalue weighted by Crippen LogP contribution is 2.43. The van der Waals surface area contributed by atoms with Crippen LogP contribution in [0.5, 0.6) is 0 Å². The molecule has 10 heteroatoms. The summed E-state index contributed by atoms with van der Waals surface area (Å²) in [5, 5.41) is 0. The predicted octanol–water partition coefficient (Wildman–Crippen LogP) is 19.3. The molecule has 0 amide bonds. The first-order valence-electron chi connectivity index (χ1n) is 30.2. The number of esters is 2. The van der Waals surface area contributed by atoms with E-state index in [1.807, 2.05) is 33.3 Å². The van der Waals surface area contributed by atoms with Crippen LogP contribution < -0.4 is 0 Å². The molecule has 1 N–H and O–H groups in total. The maximum atomic E-state index is 12.8. The molecule has 78 heavy (non-hydrogen) atoms. The molecular weight excluding hydrogens is 990 g/mol. The monoisotopic (exact) mass is 1100 g/mol. The second kappa shape index (κ2) is 57.3. The van der Waals surface area contributed by atoms with Crippen molar-refractivity contribution in [2.45, 2.75) is 213 Å². The number of likely N-dealkylation sites (N-methyl/N-ethyl adjacent to an activating group) is 1. The van der Waals surface area contributed by atoms with E-state index < -0.39 is 32.5 Å². The topological polar surface area (TPSA) is 108 Å². The predicted molar refractivity (Wildman–Crippen MR) is 334 cm³/mol. The quantitative estimate of drug-likeness (QED) is 0.0211. The summed E-state index contributed by atoms with van der Waals surface area (Å²) in [6.07, 6.45) is 86.2. The van der Waals surface area contributed by atoms with E-state index in [4.69, 9.17) is 18.5 Å². The molecule has 0 saturated heterocycles. The van der Waals surface area contributed by atoms with Crippen LogP contribution in [0.25, 0.3) is 0 Å². The van der Waals surface area contributed by atoms with Gasteiger partial charge < -0.3 is 18.9 Å². The maximum absolute atomic E-state index is 12.8. The molecule has 9 nitrogen and oxygen atoms in total. The normalized spacial score (nSPS) is 14.4. The highest BCUT2D eigenvalue weighted by Gasteiger charge is 2.27. The molecule has 0 spiro atoms. The van der Waals surface area contributed by atoms with Crippen molar-refractivity contribution < 1.29 is 42.1 Å². The van der Waals surface area contributed by atoms with Crippen LogP contribution in [0, 0.1) is 0 Å². The van der Waals surface area contributed by atoms with Gasteiger partial charge in [0.2, 0.25) is 0 Å². The molecule has 0 bridgehead atoms. The minimum Gasteiger partial charge on any atom is -0.462 e. The molecular formula is C68H111NO8P+. The standard InChI is InChI=1S/C68H110NO8P/c1-6-8-10-12-14-16-18-20-22-24-26-27-28-29-30-31-32-33-34-35-36-37-38-39-40-41-43-45-47-49-51-53-55-57-59-61-68(71)77-66(65-76-78(72,73)75-63-62-69(3,4)5)64-74-67(70)60-58-56-54-52-50-48-46-44-42-25-23-21-19-17-15-13-11-9-7-2/h8-11,14-17,20-23,26-27,29-30,32-33,35-36,42,44,48,50,54,56,66H,6-7,12-13,18-19,24-25,28,31,34,37-41,43,45-47,49,51-53,55,57-65H2,1-5H3/p+1/b10-8-,11-9-,16-14-,17-15-,22-20-,23-21-,27-26-,30-29-,33-32-,36-35-,44-42-,50-48-,56-54-. The van der Waals surface area contributed by atoms with Gasteiger partial charge in [0.25, 0.3) is 0 Å². The van der Waals surface area contributed by atoms with Crippen molar-refractivity contribution in [3.05, 3.63) is 158 Å².